The molecule has 0 bridgehead atoms. The average molecular weight is 412 g/mol. The lowest BCUT2D eigenvalue weighted by Gasteiger charge is -2.35. The van der Waals surface area contributed by atoms with Crippen molar-refractivity contribution in [3.8, 4) is 5.75 Å². The Kier molecular flexibility index (Phi) is 5.13. The lowest BCUT2D eigenvalue weighted by atomic mass is 10.0. The number of aromatic hydroxyl groups is 1. The minimum atomic E-state index is -0.743. The number of carbonyl (C=O) groups excluding carboxylic acids is 3. The maximum absolute atomic E-state index is 13.5. The molecule has 0 aliphatic carbocycles. The number of carbonyl (C=O) groups is 3. The van der Waals surface area contributed by atoms with Gasteiger partial charge in [-0.25, -0.2) is 14.6 Å². The molecular formula is C25H20N2O4. The van der Waals surface area contributed by atoms with Gasteiger partial charge in [-0.15, -0.1) is 0 Å². The van der Waals surface area contributed by atoms with Crippen LogP contribution in [0.3, 0.4) is 0 Å². The normalized spacial score (nSPS) is 14.3. The fraction of sp³-hybridized carbons (Fsp3) is 0.0800. The van der Waals surface area contributed by atoms with Crippen LogP contribution in [0.5, 0.6) is 5.75 Å². The molecule has 4 amide bonds. The van der Waals surface area contributed by atoms with Gasteiger partial charge in [0.05, 0.1) is 11.4 Å². The number of rotatable bonds is 3. The van der Waals surface area contributed by atoms with Gasteiger partial charge >= 0.3 is 6.03 Å². The number of amides is 4. The quantitative estimate of drug-likeness (QED) is 0.504. The van der Waals surface area contributed by atoms with Gasteiger partial charge in [0.1, 0.15) is 11.3 Å². The number of hydrogen-bond acceptors (Lipinski definition) is 4. The van der Waals surface area contributed by atoms with Gasteiger partial charge in [-0.05, 0) is 49.2 Å². The second kappa shape index (κ2) is 7.91. The zero-order valence-corrected chi connectivity index (χ0v) is 17.1. The van der Waals surface area contributed by atoms with Crippen molar-refractivity contribution < 1.29 is 19.5 Å². The van der Waals surface area contributed by atoms with Crippen molar-refractivity contribution in [1.82, 2.24) is 0 Å². The molecule has 0 unspecified atom stereocenters. The van der Waals surface area contributed by atoms with Crippen LogP contribution in [0.2, 0.25) is 0 Å². The third-order valence-electron chi connectivity index (χ3n) is 5.20. The predicted octanol–water partition coefficient (Wildman–Crippen LogP) is 4.59. The summed E-state index contributed by atoms with van der Waals surface area (Å²) in [5.74, 6) is -1.55. The number of phenols is 1. The summed E-state index contributed by atoms with van der Waals surface area (Å²) >= 11 is 0. The fourth-order valence-corrected chi connectivity index (χ4v) is 3.55. The standard InChI is InChI=1S/C25H20N2O4/c1-16-9-3-6-12-20(16)26-23(29)19(15-18-11-5-8-14-22(18)28)24(30)27(25(26)31)21-13-7-4-10-17(21)2/h3-15,28H,1-2H3. The van der Waals surface area contributed by atoms with Crippen molar-refractivity contribution >= 4 is 35.3 Å². The first kappa shape index (κ1) is 20.1. The number of aryl methyl sites for hydroxylation is 2. The molecule has 0 radical (unpaired) electrons. The maximum Gasteiger partial charge on any atom is 0.343 e. The summed E-state index contributed by atoms with van der Waals surface area (Å²) < 4.78 is 0. The molecule has 1 saturated heterocycles. The molecule has 1 aliphatic heterocycles. The molecule has 0 atom stereocenters. The van der Waals surface area contributed by atoms with Crippen LogP contribution in [0, 0.1) is 13.8 Å². The van der Waals surface area contributed by atoms with Gasteiger partial charge in [0.25, 0.3) is 11.8 Å². The van der Waals surface area contributed by atoms with E-state index in [9.17, 15) is 19.5 Å². The molecule has 4 rings (SSSR count). The number of imide groups is 2. The van der Waals surface area contributed by atoms with E-state index in [2.05, 4.69) is 0 Å². The molecule has 1 aliphatic rings. The number of nitrogens with zero attached hydrogens (tertiary/aromatic N) is 2. The second-order valence-electron chi connectivity index (χ2n) is 7.25. The van der Waals surface area contributed by atoms with E-state index in [4.69, 9.17) is 0 Å². The summed E-state index contributed by atoms with van der Waals surface area (Å²) in [5.41, 5.74) is 2.31. The van der Waals surface area contributed by atoms with E-state index < -0.39 is 17.8 Å². The SMILES string of the molecule is Cc1ccccc1N1C(=O)C(=Cc2ccccc2O)C(=O)N(c2ccccc2C)C1=O. The molecule has 154 valence electrons. The summed E-state index contributed by atoms with van der Waals surface area (Å²) in [5, 5.41) is 10.2. The summed E-state index contributed by atoms with van der Waals surface area (Å²) in [6.07, 6.45) is 1.32. The molecular weight excluding hydrogens is 392 g/mol. The number of phenolic OH excluding ortho intramolecular Hbond substituents is 1. The van der Waals surface area contributed by atoms with E-state index in [0.29, 0.717) is 28.1 Å². The molecule has 1 N–H and O–H groups in total. The van der Waals surface area contributed by atoms with Crippen molar-refractivity contribution in [3.05, 3.63) is 95.1 Å². The monoisotopic (exact) mass is 412 g/mol. The average Bonchev–Trinajstić information content (AvgIpc) is 2.75. The third-order valence-corrected chi connectivity index (χ3v) is 5.20. The Morgan fingerprint density at radius 1 is 0.677 bits per heavy atom. The predicted molar refractivity (Wildman–Crippen MR) is 119 cm³/mol. The summed E-state index contributed by atoms with van der Waals surface area (Å²) in [6.45, 7) is 3.58. The van der Waals surface area contributed by atoms with E-state index in [1.807, 2.05) is 0 Å². The van der Waals surface area contributed by atoms with Gasteiger partial charge in [0.15, 0.2) is 0 Å². The van der Waals surface area contributed by atoms with Crippen molar-refractivity contribution in [2.75, 3.05) is 9.80 Å². The molecule has 0 saturated carbocycles. The second-order valence-corrected chi connectivity index (χ2v) is 7.25. The Bertz CT molecular complexity index is 1180. The van der Waals surface area contributed by atoms with E-state index >= 15 is 0 Å². The molecule has 3 aromatic rings. The van der Waals surface area contributed by atoms with Gasteiger partial charge in [-0.2, -0.15) is 0 Å². The fourth-order valence-electron chi connectivity index (χ4n) is 3.55. The number of barbiturate groups is 1. The Morgan fingerprint density at radius 3 is 1.61 bits per heavy atom. The Labute approximate surface area is 179 Å². The summed E-state index contributed by atoms with van der Waals surface area (Å²) in [7, 11) is 0. The number of benzene rings is 3. The lowest BCUT2D eigenvalue weighted by Crippen LogP contribution is -2.57. The summed E-state index contributed by atoms with van der Waals surface area (Å²) in [4.78, 5) is 42.2. The molecule has 6 nitrogen and oxygen atoms in total. The lowest BCUT2D eigenvalue weighted by molar-refractivity contribution is -0.121. The van der Waals surface area contributed by atoms with Gasteiger partial charge < -0.3 is 5.11 Å². The molecule has 3 aromatic carbocycles. The number of anilines is 2. The van der Waals surface area contributed by atoms with E-state index in [1.165, 1.54) is 12.1 Å². The smallest absolute Gasteiger partial charge is 0.343 e. The largest absolute Gasteiger partial charge is 0.507 e. The van der Waals surface area contributed by atoms with Crippen LogP contribution >= 0.6 is 0 Å². The van der Waals surface area contributed by atoms with Crippen LogP contribution in [-0.2, 0) is 9.59 Å². The minimum Gasteiger partial charge on any atom is -0.507 e. The van der Waals surface area contributed by atoms with Gasteiger partial charge in [0.2, 0.25) is 0 Å². The van der Waals surface area contributed by atoms with E-state index in [0.717, 1.165) is 9.80 Å². The molecule has 0 spiro atoms. The number of urea groups is 1. The van der Waals surface area contributed by atoms with Crippen molar-refractivity contribution in [2.45, 2.75) is 13.8 Å². The maximum atomic E-state index is 13.5. The van der Waals surface area contributed by atoms with Gasteiger partial charge in [-0.1, -0.05) is 54.6 Å². The van der Waals surface area contributed by atoms with Crippen LogP contribution in [0.15, 0.2) is 78.4 Å². The highest BCUT2D eigenvalue weighted by molar-refractivity contribution is 6.46. The highest BCUT2D eigenvalue weighted by Crippen LogP contribution is 2.33. The van der Waals surface area contributed by atoms with Crippen LogP contribution in [0.4, 0.5) is 16.2 Å². The Hall–Kier alpha value is -4.19. The topological polar surface area (TPSA) is 77.9 Å². The van der Waals surface area contributed by atoms with Crippen LogP contribution in [0.25, 0.3) is 6.08 Å². The first-order valence-electron chi connectivity index (χ1n) is 9.74. The number of hydrogen-bond donors (Lipinski definition) is 1. The van der Waals surface area contributed by atoms with Gasteiger partial charge in [-0.3, -0.25) is 9.59 Å². The molecule has 31 heavy (non-hydrogen) atoms. The molecule has 6 heteroatoms. The molecule has 1 heterocycles. The molecule has 1 fully saturated rings. The Morgan fingerprint density at radius 2 is 1.13 bits per heavy atom. The zero-order valence-electron chi connectivity index (χ0n) is 17.1. The highest BCUT2D eigenvalue weighted by atomic mass is 16.3. The Balaban J connectivity index is 1.94. The summed E-state index contributed by atoms with van der Waals surface area (Å²) in [6, 6.07) is 19.6. The zero-order chi connectivity index (χ0) is 22.1. The van der Waals surface area contributed by atoms with Crippen LogP contribution in [-0.4, -0.2) is 23.0 Å². The first-order valence-corrected chi connectivity index (χ1v) is 9.74. The van der Waals surface area contributed by atoms with Crippen molar-refractivity contribution in [1.29, 1.82) is 0 Å². The van der Waals surface area contributed by atoms with Gasteiger partial charge in [0, 0.05) is 5.56 Å². The highest BCUT2D eigenvalue weighted by Gasteiger charge is 2.44. The van der Waals surface area contributed by atoms with E-state index in [1.54, 1.807) is 80.6 Å². The van der Waals surface area contributed by atoms with Crippen molar-refractivity contribution in [2.24, 2.45) is 0 Å². The minimum absolute atomic E-state index is 0.0719. The number of para-hydroxylation sites is 3. The molecule has 0 aromatic heterocycles. The van der Waals surface area contributed by atoms with E-state index in [-0.39, 0.29) is 11.3 Å². The van der Waals surface area contributed by atoms with Crippen LogP contribution < -0.4 is 9.80 Å². The third kappa shape index (κ3) is 3.48. The van der Waals surface area contributed by atoms with Crippen molar-refractivity contribution in [3.63, 3.8) is 0 Å². The first-order chi connectivity index (χ1) is 14.9. The van der Waals surface area contributed by atoms with Crippen LogP contribution in [0.1, 0.15) is 16.7 Å².